The summed E-state index contributed by atoms with van der Waals surface area (Å²) in [4.78, 5) is 25.7. The first kappa shape index (κ1) is 19.9. The standard InChI is InChI=1S/C24H17BrO5/c1-28-20-12-11-16(14-18(20)25)23-24(22(27)17-9-5-6-10-19(17)29-23)30-21(26)13-15-7-3-2-4-8-15/h2-12,14H,13H2,1H3. The Morgan fingerprint density at radius 3 is 2.47 bits per heavy atom. The van der Waals surface area contributed by atoms with E-state index in [1.54, 1.807) is 49.6 Å². The van der Waals surface area contributed by atoms with E-state index < -0.39 is 11.4 Å². The fraction of sp³-hybridized carbons (Fsp3) is 0.0833. The van der Waals surface area contributed by atoms with Crippen LogP contribution in [-0.2, 0) is 11.2 Å². The van der Waals surface area contributed by atoms with E-state index >= 15 is 0 Å². The quantitative estimate of drug-likeness (QED) is 0.371. The van der Waals surface area contributed by atoms with Gasteiger partial charge in [0.05, 0.1) is 23.4 Å². The summed E-state index contributed by atoms with van der Waals surface area (Å²) in [6.07, 6.45) is 0.0405. The maximum Gasteiger partial charge on any atom is 0.315 e. The lowest BCUT2D eigenvalue weighted by atomic mass is 10.1. The lowest BCUT2D eigenvalue weighted by Gasteiger charge is -2.12. The lowest BCUT2D eigenvalue weighted by Crippen LogP contribution is -2.17. The molecule has 0 aliphatic carbocycles. The highest BCUT2D eigenvalue weighted by atomic mass is 79.9. The zero-order chi connectivity index (χ0) is 21.1. The SMILES string of the molecule is COc1ccc(-c2oc3ccccc3c(=O)c2OC(=O)Cc2ccccc2)cc1Br. The minimum absolute atomic E-state index is 0.0405. The molecule has 0 radical (unpaired) electrons. The van der Waals surface area contributed by atoms with Gasteiger partial charge in [0, 0.05) is 5.56 Å². The van der Waals surface area contributed by atoms with Crippen LogP contribution < -0.4 is 14.9 Å². The zero-order valence-corrected chi connectivity index (χ0v) is 17.6. The number of fused-ring (bicyclic) bond motifs is 1. The van der Waals surface area contributed by atoms with Crippen molar-refractivity contribution in [3.63, 3.8) is 0 Å². The summed E-state index contributed by atoms with van der Waals surface area (Å²) in [5, 5.41) is 0.344. The Labute approximate surface area is 181 Å². The van der Waals surface area contributed by atoms with Crippen LogP contribution in [0.5, 0.6) is 11.5 Å². The summed E-state index contributed by atoms with van der Waals surface area (Å²) in [6.45, 7) is 0. The van der Waals surface area contributed by atoms with Crippen LogP contribution in [0.25, 0.3) is 22.3 Å². The lowest BCUT2D eigenvalue weighted by molar-refractivity contribution is -0.133. The molecule has 0 atom stereocenters. The van der Waals surface area contributed by atoms with Gasteiger partial charge in [-0.2, -0.15) is 0 Å². The van der Waals surface area contributed by atoms with Crippen LogP contribution >= 0.6 is 15.9 Å². The van der Waals surface area contributed by atoms with Crippen molar-refractivity contribution in [1.82, 2.24) is 0 Å². The van der Waals surface area contributed by atoms with Crippen molar-refractivity contribution in [1.29, 1.82) is 0 Å². The second kappa shape index (κ2) is 8.55. The van der Waals surface area contributed by atoms with E-state index in [9.17, 15) is 9.59 Å². The number of methoxy groups -OCH3 is 1. The number of halogens is 1. The van der Waals surface area contributed by atoms with Gasteiger partial charge in [-0.3, -0.25) is 9.59 Å². The van der Waals surface area contributed by atoms with Crippen molar-refractivity contribution in [2.24, 2.45) is 0 Å². The van der Waals surface area contributed by atoms with E-state index in [1.165, 1.54) is 0 Å². The van der Waals surface area contributed by atoms with Gasteiger partial charge in [0.25, 0.3) is 0 Å². The van der Waals surface area contributed by atoms with Gasteiger partial charge in [0.2, 0.25) is 11.2 Å². The van der Waals surface area contributed by atoms with Crippen molar-refractivity contribution in [3.8, 4) is 22.8 Å². The van der Waals surface area contributed by atoms with Crippen LogP contribution in [0.2, 0.25) is 0 Å². The maximum absolute atomic E-state index is 13.1. The molecule has 0 saturated heterocycles. The van der Waals surface area contributed by atoms with Crippen molar-refractivity contribution in [2.45, 2.75) is 6.42 Å². The monoisotopic (exact) mass is 464 g/mol. The molecule has 30 heavy (non-hydrogen) atoms. The first-order valence-corrected chi connectivity index (χ1v) is 10.0. The highest BCUT2D eigenvalue weighted by molar-refractivity contribution is 9.10. The molecule has 1 aromatic heterocycles. The molecule has 5 nitrogen and oxygen atoms in total. The van der Waals surface area contributed by atoms with Crippen LogP contribution in [0.4, 0.5) is 0 Å². The summed E-state index contributed by atoms with van der Waals surface area (Å²) in [5.41, 5.74) is 1.38. The summed E-state index contributed by atoms with van der Waals surface area (Å²) < 4.78 is 17.5. The van der Waals surface area contributed by atoms with Crippen molar-refractivity contribution >= 4 is 32.9 Å². The Morgan fingerprint density at radius 2 is 1.73 bits per heavy atom. The van der Waals surface area contributed by atoms with Gasteiger partial charge in [-0.15, -0.1) is 0 Å². The molecule has 0 amide bonds. The molecule has 0 spiro atoms. The number of hydrogen-bond donors (Lipinski definition) is 0. The second-order valence-electron chi connectivity index (χ2n) is 6.57. The predicted octanol–water partition coefficient (Wildman–Crippen LogP) is 5.38. The summed E-state index contributed by atoms with van der Waals surface area (Å²) >= 11 is 3.44. The fourth-order valence-electron chi connectivity index (χ4n) is 3.13. The molecule has 0 aliphatic heterocycles. The number of esters is 1. The number of para-hydroxylation sites is 1. The van der Waals surface area contributed by atoms with Gasteiger partial charge in [-0.1, -0.05) is 42.5 Å². The minimum atomic E-state index is -0.544. The number of carbonyl (C=O) groups excluding carboxylic acids is 1. The largest absolute Gasteiger partial charge is 0.496 e. The predicted molar refractivity (Wildman–Crippen MR) is 118 cm³/mol. The zero-order valence-electron chi connectivity index (χ0n) is 16.1. The van der Waals surface area contributed by atoms with E-state index in [0.717, 1.165) is 5.56 Å². The normalized spacial score (nSPS) is 10.7. The molecule has 6 heteroatoms. The summed E-state index contributed by atoms with van der Waals surface area (Å²) in [6, 6.07) is 21.3. The maximum atomic E-state index is 13.1. The molecule has 0 N–H and O–H groups in total. The molecule has 1 heterocycles. The van der Waals surface area contributed by atoms with Gasteiger partial charge in [0.15, 0.2) is 5.76 Å². The third kappa shape index (κ3) is 4.00. The highest BCUT2D eigenvalue weighted by Gasteiger charge is 2.21. The van der Waals surface area contributed by atoms with Gasteiger partial charge >= 0.3 is 5.97 Å². The van der Waals surface area contributed by atoms with Gasteiger partial charge in [0.1, 0.15) is 11.3 Å². The topological polar surface area (TPSA) is 65.7 Å². The smallest absolute Gasteiger partial charge is 0.315 e. The molecule has 3 aromatic carbocycles. The Bertz CT molecular complexity index is 1280. The third-order valence-corrected chi connectivity index (χ3v) is 5.20. The summed E-state index contributed by atoms with van der Waals surface area (Å²) in [5.74, 6) is 0.136. The molecule has 4 aromatic rings. The van der Waals surface area contributed by atoms with Crippen molar-refractivity contribution < 1.29 is 18.7 Å². The van der Waals surface area contributed by atoms with E-state index in [2.05, 4.69) is 15.9 Å². The minimum Gasteiger partial charge on any atom is -0.496 e. The van der Waals surface area contributed by atoms with Gasteiger partial charge < -0.3 is 13.9 Å². The third-order valence-electron chi connectivity index (χ3n) is 4.58. The molecular formula is C24H17BrO5. The number of carbonyl (C=O) groups is 1. The van der Waals surface area contributed by atoms with Crippen molar-refractivity contribution in [3.05, 3.63) is 93.1 Å². The van der Waals surface area contributed by atoms with E-state index in [1.807, 2.05) is 30.3 Å². The number of benzene rings is 3. The average Bonchev–Trinajstić information content (AvgIpc) is 2.76. The Balaban J connectivity index is 1.81. The first-order chi connectivity index (χ1) is 14.6. The van der Waals surface area contributed by atoms with E-state index in [0.29, 0.717) is 26.8 Å². The van der Waals surface area contributed by atoms with Gasteiger partial charge in [-0.25, -0.2) is 0 Å². The van der Waals surface area contributed by atoms with Crippen LogP contribution in [0.3, 0.4) is 0 Å². The summed E-state index contributed by atoms with van der Waals surface area (Å²) in [7, 11) is 1.56. The van der Waals surface area contributed by atoms with Gasteiger partial charge in [-0.05, 0) is 51.8 Å². The Hall–Kier alpha value is -3.38. The van der Waals surface area contributed by atoms with Crippen LogP contribution in [0.1, 0.15) is 5.56 Å². The van der Waals surface area contributed by atoms with Crippen molar-refractivity contribution in [2.75, 3.05) is 7.11 Å². The molecular weight excluding hydrogens is 448 g/mol. The molecule has 0 unspecified atom stereocenters. The van der Waals surface area contributed by atoms with Crippen LogP contribution in [0.15, 0.2) is 86.5 Å². The number of ether oxygens (including phenoxy) is 2. The fourth-order valence-corrected chi connectivity index (χ4v) is 3.67. The molecule has 0 aliphatic rings. The average molecular weight is 465 g/mol. The van der Waals surface area contributed by atoms with E-state index in [4.69, 9.17) is 13.9 Å². The first-order valence-electron chi connectivity index (χ1n) is 9.21. The molecule has 0 fully saturated rings. The highest BCUT2D eigenvalue weighted by Crippen LogP contribution is 2.35. The Morgan fingerprint density at radius 1 is 1.00 bits per heavy atom. The Kier molecular flexibility index (Phi) is 5.68. The van der Waals surface area contributed by atoms with E-state index in [-0.39, 0.29) is 17.9 Å². The molecule has 0 bridgehead atoms. The van der Waals surface area contributed by atoms with Crippen LogP contribution in [-0.4, -0.2) is 13.1 Å². The molecule has 150 valence electrons. The molecule has 4 rings (SSSR count). The van der Waals surface area contributed by atoms with Crippen LogP contribution in [0, 0.1) is 0 Å². The second-order valence-corrected chi connectivity index (χ2v) is 7.43. The number of hydrogen-bond acceptors (Lipinski definition) is 5. The molecule has 0 saturated carbocycles. The number of rotatable bonds is 5.